The number of fused-ring (bicyclic) bond motifs is 2. The molecule has 0 radical (unpaired) electrons. The molecule has 0 aliphatic carbocycles. The number of pyridine rings is 1. The molecule has 0 unspecified atom stereocenters. The standard InChI is InChI=1S/C34H37ClN8/c1-5-29(21-10-7-6-8-11-21)40-31-23(16-36)18-38-32-26(31)14-24(15-28(32)35)39-33(30-20-43(42-41-30)34(2,3)4)25-13-9-12-22-17-37-19-27(22)25/h6-15,18,20,29,33,37,39,41-42H,5,17,19H2,1-4H3,(H,38,40)/t29-,33+/m1/s1. The van der Waals surface area contributed by atoms with E-state index in [1.54, 1.807) is 6.20 Å². The van der Waals surface area contributed by atoms with Crippen molar-refractivity contribution in [3.8, 4) is 6.07 Å². The Hall–Kier alpha value is -4.29. The summed E-state index contributed by atoms with van der Waals surface area (Å²) in [6, 6.07) is 22.9. The highest BCUT2D eigenvalue weighted by atomic mass is 35.5. The number of nitriles is 1. The van der Waals surface area contributed by atoms with Gasteiger partial charge >= 0.3 is 0 Å². The van der Waals surface area contributed by atoms with Crippen LogP contribution in [0.4, 0.5) is 11.4 Å². The van der Waals surface area contributed by atoms with Crippen LogP contribution in [0.5, 0.6) is 0 Å². The molecule has 0 bridgehead atoms. The molecule has 3 aromatic carbocycles. The van der Waals surface area contributed by atoms with Crippen LogP contribution >= 0.6 is 11.6 Å². The van der Waals surface area contributed by atoms with E-state index in [9.17, 15) is 5.26 Å². The molecule has 9 heteroatoms. The summed E-state index contributed by atoms with van der Waals surface area (Å²) in [6.45, 7) is 10.3. The van der Waals surface area contributed by atoms with E-state index >= 15 is 0 Å². The molecule has 220 valence electrons. The number of hydrogen-bond acceptors (Lipinski definition) is 8. The molecule has 5 N–H and O–H groups in total. The molecule has 3 heterocycles. The molecule has 0 saturated carbocycles. The molecule has 0 saturated heterocycles. The fourth-order valence-electron chi connectivity index (χ4n) is 5.82. The lowest BCUT2D eigenvalue weighted by atomic mass is 9.95. The predicted molar refractivity (Wildman–Crippen MR) is 174 cm³/mol. The summed E-state index contributed by atoms with van der Waals surface area (Å²) >= 11 is 6.91. The fraction of sp³-hybridized carbons (Fsp3) is 0.294. The molecule has 8 nitrogen and oxygen atoms in total. The molecular weight excluding hydrogens is 556 g/mol. The summed E-state index contributed by atoms with van der Waals surface area (Å²) in [6.07, 6.45) is 4.57. The zero-order valence-electron chi connectivity index (χ0n) is 24.9. The van der Waals surface area contributed by atoms with E-state index < -0.39 is 0 Å². The molecule has 2 aliphatic rings. The van der Waals surface area contributed by atoms with E-state index in [4.69, 9.17) is 11.6 Å². The van der Waals surface area contributed by atoms with Crippen molar-refractivity contribution in [2.75, 3.05) is 10.6 Å². The minimum absolute atomic E-state index is 0.0174. The summed E-state index contributed by atoms with van der Waals surface area (Å²) in [5, 5.41) is 24.4. The molecule has 0 amide bonds. The average molecular weight is 593 g/mol. The summed E-state index contributed by atoms with van der Waals surface area (Å²) in [5.41, 5.74) is 15.2. The van der Waals surface area contributed by atoms with Crippen LogP contribution in [-0.2, 0) is 13.1 Å². The summed E-state index contributed by atoms with van der Waals surface area (Å²) in [7, 11) is 0. The summed E-state index contributed by atoms with van der Waals surface area (Å²) < 4.78 is 0. The Morgan fingerprint density at radius 3 is 2.60 bits per heavy atom. The van der Waals surface area contributed by atoms with Gasteiger partial charge in [-0.2, -0.15) is 5.26 Å². The number of anilines is 2. The van der Waals surface area contributed by atoms with Crippen LogP contribution in [0.2, 0.25) is 5.02 Å². The highest BCUT2D eigenvalue weighted by Gasteiger charge is 2.30. The van der Waals surface area contributed by atoms with Crippen molar-refractivity contribution in [3.63, 3.8) is 0 Å². The topological polar surface area (TPSA) is 100 Å². The Morgan fingerprint density at radius 1 is 1.07 bits per heavy atom. The van der Waals surface area contributed by atoms with Crippen molar-refractivity contribution in [2.24, 2.45) is 0 Å². The number of aromatic nitrogens is 1. The van der Waals surface area contributed by atoms with Crippen LogP contribution in [0.1, 0.15) is 74.0 Å². The summed E-state index contributed by atoms with van der Waals surface area (Å²) in [4.78, 5) is 4.59. The third-order valence-corrected chi connectivity index (χ3v) is 8.43. The van der Waals surface area contributed by atoms with E-state index in [-0.39, 0.29) is 17.6 Å². The number of nitrogens with one attached hydrogen (secondary N) is 5. The quantitative estimate of drug-likeness (QED) is 0.148. The molecule has 4 aromatic rings. The molecule has 2 atom stereocenters. The van der Waals surface area contributed by atoms with Gasteiger partial charge in [0.15, 0.2) is 0 Å². The van der Waals surface area contributed by atoms with Gasteiger partial charge in [0.25, 0.3) is 0 Å². The van der Waals surface area contributed by atoms with Crippen molar-refractivity contribution in [2.45, 2.75) is 64.8 Å². The van der Waals surface area contributed by atoms with Crippen molar-refractivity contribution in [1.82, 2.24) is 26.3 Å². The number of nitrogens with zero attached hydrogens (tertiary/aromatic N) is 3. The van der Waals surface area contributed by atoms with Crippen LogP contribution < -0.4 is 26.9 Å². The maximum Gasteiger partial charge on any atom is 0.103 e. The van der Waals surface area contributed by atoms with Crippen molar-refractivity contribution < 1.29 is 0 Å². The number of halogens is 1. The number of hydrogen-bond donors (Lipinski definition) is 5. The smallest absolute Gasteiger partial charge is 0.103 e. The molecule has 6 rings (SSSR count). The Kier molecular flexibility index (Phi) is 7.89. The van der Waals surface area contributed by atoms with Gasteiger partial charge in [0.1, 0.15) is 6.07 Å². The van der Waals surface area contributed by atoms with E-state index in [1.807, 2.05) is 30.3 Å². The lowest BCUT2D eigenvalue weighted by Gasteiger charge is -2.30. The second-order valence-corrected chi connectivity index (χ2v) is 12.5. The molecule has 43 heavy (non-hydrogen) atoms. The molecular formula is C34H37ClN8. The second kappa shape index (κ2) is 11.8. The Labute approximate surface area is 258 Å². The molecule has 2 aliphatic heterocycles. The first-order chi connectivity index (χ1) is 20.8. The van der Waals surface area contributed by atoms with Crippen LogP contribution in [-0.4, -0.2) is 15.5 Å². The third-order valence-electron chi connectivity index (χ3n) is 8.15. The van der Waals surface area contributed by atoms with E-state index in [0.29, 0.717) is 16.1 Å². The van der Waals surface area contributed by atoms with Crippen LogP contribution in [0.3, 0.4) is 0 Å². The normalized spacial score (nSPS) is 15.8. The number of hydrazine groups is 2. The maximum atomic E-state index is 10.1. The van der Waals surface area contributed by atoms with Gasteiger partial charge in [0.2, 0.25) is 0 Å². The zero-order chi connectivity index (χ0) is 30.1. The maximum absolute atomic E-state index is 10.1. The first kappa shape index (κ1) is 28.8. The minimum atomic E-state index is -0.195. The van der Waals surface area contributed by atoms with E-state index in [0.717, 1.165) is 47.5 Å². The van der Waals surface area contributed by atoms with Gasteiger partial charge in [-0.05, 0) is 61.6 Å². The molecule has 0 fully saturated rings. The second-order valence-electron chi connectivity index (χ2n) is 12.1. The Balaban J connectivity index is 1.45. The third kappa shape index (κ3) is 5.72. The van der Waals surface area contributed by atoms with Crippen LogP contribution in [0.15, 0.2) is 78.8 Å². The van der Waals surface area contributed by atoms with Crippen molar-refractivity contribution in [1.29, 1.82) is 5.26 Å². The predicted octanol–water partition coefficient (Wildman–Crippen LogP) is 7.04. The molecule has 1 aromatic heterocycles. The van der Waals surface area contributed by atoms with Gasteiger partial charge < -0.3 is 21.4 Å². The van der Waals surface area contributed by atoms with Gasteiger partial charge in [-0.15, -0.1) is 5.53 Å². The average Bonchev–Trinajstić information content (AvgIpc) is 3.70. The first-order valence-electron chi connectivity index (χ1n) is 14.7. The minimum Gasteiger partial charge on any atom is -0.377 e. The number of benzene rings is 3. The molecule has 0 spiro atoms. The SMILES string of the molecule is CC[C@@H](Nc1c(C#N)cnc2c(Cl)cc(N[C@H](C3=CN(C(C)(C)C)NN3)c3cccc4c3CNC4)cc12)c1ccccc1. The van der Waals surface area contributed by atoms with Crippen molar-refractivity contribution in [3.05, 3.63) is 112 Å². The summed E-state index contributed by atoms with van der Waals surface area (Å²) in [5.74, 6) is 0. The lowest BCUT2D eigenvalue weighted by Crippen LogP contribution is -2.47. The zero-order valence-corrected chi connectivity index (χ0v) is 25.7. The fourth-order valence-corrected chi connectivity index (χ4v) is 6.09. The largest absolute Gasteiger partial charge is 0.377 e. The Morgan fingerprint density at radius 2 is 1.88 bits per heavy atom. The first-order valence-corrected chi connectivity index (χ1v) is 15.1. The van der Waals surface area contributed by atoms with Gasteiger partial charge in [0, 0.05) is 42.1 Å². The van der Waals surface area contributed by atoms with Gasteiger partial charge in [-0.3, -0.25) is 9.99 Å². The number of rotatable bonds is 8. The van der Waals surface area contributed by atoms with E-state index in [1.165, 1.54) is 16.7 Å². The van der Waals surface area contributed by atoms with Gasteiger partial charge in [0.05, 0.1) is 39.6 Å². The Bertz CT molecular complexity index is 1720. The van der Waals surface area contributed by atoms with Gasteiger partial charge in [-0.25, -0.2) is 0 Å². The highest BCUT2D eigenvalue weighted by molar-refractivity contribution is 6.35. The van der Waals surface area contributed by atoms with Crippen LogP contribution in [0.25, 0.3) is 10.9 Å². The van der Waals surface area contributed by atoms with E-state index in [2.05, 4.69) is 107 Å². The van der Waals surface area contributed by atoms with Crippen LogP contribution in [0, 0.1) is 11.3 Å². The highest BCUT2D eigenvalue weighted by Crippen LogP contribution is 2.39. The van der Waals surface area contributed by atoms with Gasteiger partial charge in [-0.1, -0.05) is 67.1 Å². The lowest BCUT2D eigenvalue weighted by molar-refractivity contribution is 0.138. The monoisotopic (exact) mass is 592 g/mol. The van der Waals surface area contributed by atoms with Crippen molar-refractivity contribution >= 4 is 33.9 Å².